The highest BCUT2D eigenvalue weighted by atomic mass is 16.5. The highest BCUT2D eigenvalue weighted by Gasteiger charge is 2.21. The SMILES string of the molecule is COc1ccc(CCCCN2CCN(c3ccccc3OC)CC2)cc1C(N)c1occ2ccccc12. The van der Waals surface area contributed by atoms with Crippen LogP contribution < -0.4 is 20.1 Å². The van der Waals surface area contributed by atoms with Crippen LogP contribution in [0.15, 0.2) is 77.4 Å². The van der Waals surface area contributed by atoms with E-state index in [9.17, 15) is 0 Å². The molecule has 1 aromatic heterocycles. The Kier molecular flexibility index (Phi) is 7.97. The smallest absolute Gasteiger partial charge is 0.142 e. The quantitative estimate of drug-likeness (QED) is 0.285. The fourth-order valence-electron chi connectivity index (χ4n) is 5.35. The molecule has 6 heteroatoms. The Labute approximate surface area is 219 Å². The summed E-state index contributed by atoms with van der Waals surface area (Å²) in [4.78, 5) is 5.00. The summed E-state index contributed by atoms with van der Waals surface area (Å²) < 4.78 is 17.1. The third-order valence-corrected chi connectivity index (χ3v) is 7.44. The number of fused-ring (bicyclic) bond motifs is 1. The minimum absolute atomic E-state index is 0.380. The van der Waals surface area contributed by atoms with Gasteiger partial charge in [-0.25, -0.2) is 0 Å². The summed E-state index contributed by atoms with van der Waals surface area (Å²) in [5, 5.41) is 2.11. The van der Waals surface area contributed by atoms with Gasteiger partial charge in [-0.15, -0.1) is 0 Å². The summed E-state index contributed by atoms with van der Waals surface area (Å²) in [5.74, 6) is 2.53. The lowest BCUT2D eigenvalue weighted by atomic mass is 9.97. The van der Waals surface area contributed by atoms with Crippen LogP contribution in [0.25, 0.3) is 10.8 Å². The second kappa shape index (κ2) is 11.7. The molecular weight excluding hydrogens is 462 g/mol. The molecule has 2 N–H and O–H groups in total. The lowest BCUT2D eigenvalue weighted by Gasteiger charge is -2.36. The van der Waals surface area contributed by atoms with Crippen molar-refractivity contribution in [2.24, 2.45) is 5.73 Å². The Morgan fingerprint density at radius 1 is 0.865 bits per heavy atom. The summed E-state index contributed by atoms with van der Waals surface area (Å²) in [7, 11) is 3.44. The van der Waals surface area contributed by atoms with Crippen LogP contribution in [0.4, 0.5) is 5.69 Å². The molecule has 1 aliphatic rings. The molecule has 1 fully saturated rings. The number of unbranched alkanes of at least 4 members (excludes halogenated alkanes) is 1. The largest absolute Gasteiger partial charge is 0.496 e. The molecule has 1 unspecified atom stereocenters. The first-order chi connectivity index (χ1) is 18.2. The maximum atomic E-state index is 6.70. The molecule has 6 nitrogen and oxygen atoms in total. The number of ether oxygens (including phenoxy) is 2. The number of nitrogens with two attached hydrogens (primary N) is 1. The lowest BCUT2D eigenvalue weighted by molar-refractivity contribution is 0.252. The number of rotatable bonds is 10. The van der Waals surface area contributed by atoms with Gasteiger partial charge < -0.3 is 24.5 Å². The molecule has 0 aliphatic carbocycles. The molecule has 0 saturated carbocycles. The van der Waals surface area contributed by atoms with Crippen LogP contribution in [0.3, 0.4) is 0 Å². The van der Waals surface area contributed by atoms with Crippen LogP contribution in [0.2, 0.25) is 0 Å². The van der Waals surface area contributed by atoms with E-state index in [1.54, 1.807) is 20.5 Å². The zero-order chi connectivity index (χ0) is 25.6. The van der Waals surface area contributed by atoms with Gasteiger partial charge in [-0.3, -0.25) is 4.90 Å². The second-order valence-corrected chi connectivity index (χ2v) is 9.70. The van der Waals surface area contributed by atoms with Crippen molar-refractivity contribution >= 4 is 16.5 Å². The third-order valence-electron chi connectivity index (χ3n) is 7.44. The van der Waals surface area contributed by atoms with Crippen LogP contribution in [0.5, 0.6) is 11.5 Å². The molecule has 0 spiro atoms. The molecule has 0 radical (unpaired) electrons. The Morgan fingerprint density at radius 3 is 2.43 bits per heavy atom. The number of benzene rings is 3. The van der Waals surface area contributed by atoms with Gasteiger partial charge in [0.25, 0.3) is 0 Å². The van der Waals surface area contributed by atoms with Crippen molar-refractivity contribution in [2.45, 2.75) is 25.3 Å². The first-order valence-corrected chi connectivity index (χ1v) is 13.2. The van der Waals surface area contributed by atoms with Gasteiger partial charge in [-0.1, -0.05) is 48.5 Å². The average Bonchev–Trinajstić information content (AvgIpc) is 3.39. The maximum absolute atomic E-state index is 6.70. The van der Waals surface area contributed by atoms with Crippen molar-refractivity contribution in [3.8, 4) is 11.5 Å². The summed E-state index contributed by atoms with van der Waals surface area (Å²) in [6.07, 6.45) is 5.10. The van der Waals surface area contributed by atoms with Gasteiger partial charge in [0.05, 0.1) is 32.2 Å². The Balaban J connectivity index is 1.15. The summed E-state index contributed by atoms with van der Waals surface area (Å²) in [6, 6.07) is 22.4. The lowest BCUT2D eigenvalue weighted by Crippen LogP contribution is -2.46. The number of hydrogen-bond donors (Lipinski definition) is 1. The van der Waals surface area contributed by atoms with Gasteiger partial charge in [0.15, 0.2) is 0 Å². The van der Waals surface area contributed by atoms with E-state index >= 15 is 0 Å². The van der Waals surface area contributed by atoms with Gasteiger partial charge in [0, 0.05) is 42.5 Å². The van der Waals surface area contributed by atoms with Gasteiger partial charge >= 0.3 is 0 Å². The highest BCUT2D eigenvalue weighted by molar-refractivity contribution is 5.84. The molecule has 37 heavy (non-hydrogen) atoms. The first-order valence-electron chi connectivity index (χ1n) is 13.2. The molecule has 1 atom stereocenters. The van der Waals surface area contributed by atoms with Crippen molar-refractivity contribution in [3.63, 3.8) is 0 Å². The average molecular weight is 500 g/mol. The molecule has 2 heterocycles. The van der Waals surface area contributed by atoms with Gasteiger partial charge in [-0.2, -0.15) is 0 Å². The number of para-hydroxylation sites is 2. The van der Waals surface area contributed by atoms with Crippen molar-refractivity contribution in [1.29, 1.82) is 0 Å². The van der Waals surface area contributed by atoms with Crippen molar-refractivity contribution in [1.82, 2.24) is 4.90 Å². The summed E-state index contributed by atoms with van der Waals surface area (Å²) in [5.41, 5.74) is 10.1. The molecule has 4 aromatic rings. The van der Waals surface area contributed by atoms with E-state index in [4.69, 9.17) is 19.6 Å². The fraction of sp³-hybridized carbons (Fsp3) is 0.355. The van der Waals surface area contributed by atoms with Crippen LogP contribution >= 0.6 is 0 Å². The van der Waals surface area contributed by atoms with Gasteiger partial charge in [0.2, 0.25) is 0 Å². The number of methoxy groups -OCH3 is 2. The minimum Gasteiger partial charge on any atom is -0.496 e. The Hall–Kier alpha value is -3.48. The number of aryl methyl sites for hydroxylation is 1. The molecule has 1 aliphatic heterocycles. The van der Waals surface area contributed by atoms with E-state index in [2.05, 4.69) is 40.1 Å². The molecular formula is C31H37N3O3. The van der Waals surface area contributed by atoms with Crippen molar-refractivity contribution in [3.05, 3.63) is 89.9 Å². The standard InChI is InChI=1S/C31H37N3O3/c1-35-28-15-14-23(21-26(28)30(32)31-25-11-4-3-10-24(25)22-37-31)9-7-8-16-33-17-19-34(20-18-33)27-12-5-6-13-29(27)36-2/h3-6,10-15,21-22,30H,7-9,16-20,32H2,1-2H3. The van der Waals surface area contributed by atoms with Crippen LogP contribution in [-0.2, 0) is 6.42 Å². The van der Waals surface area contributed by atoms with E-state index in [0.717, 1.165) is 79.2 Å². The van der Waals surface area contributed by atoms with Gasteiger partial charge in [-0.05, 0) is 49.6 Å². The molecule has 1 saturated heterocycles. The van der Waals surface area contributed by atoms with Crippen LogP contribution in [-0.4, -0.2) is 51.8 Å². The first kappa shape index (κ1) is 25.2. The topological polar surface area (TPSA) is 64.1 Å². The second-order valence-electron chi connectivity index (χ2n) is 9.70. The number of hydrogen-bond acceptors (Lipinski definition) is 6. The maximum Gasteiger partial charge on any atom is 0.142 e. The van der Waals surface area contributed by atoms with E-state index in [-0.39, 0.29) is 6.04 Å². The normalized spacial score (nSPS) is 15.2. The van der Waals surface area contributed by atoms with E-state index in [1.807, 2.05) is 36.4 Å². The zero-order valence-corrected chi connectivity index (χ0v) is 21.9. The van der Waals surface area contributed by atoms with Crippen LogP contribution in [0.1, 0.15) is 35.8 Å². The number of nitrogens with zero attached hydrogens (tertiary/aromatic N) is 2. The number of furan rings is 1. The summed E-state index contributed by atoms with van der Waals surface area (Å²) >= 11 is 0. The van der Waals surface area contributed by atoms with E-state index < -0.39 is 0 Å². The molecule has 3 aromatic carbocycles. The highest BCUT2D eigenvalue weighted by Crippen LogP contribution is 2.34. The molecule has 0 amide bonds. The Bertz CT molecular complexity index is 1310. The van der Waals surface area contributed by atoms with E-state index in [0.29, 0.717) is 0 Å². The predicted molar refractivity (Wildman–Crippen MR) is 150 cm³/mol. The van der Waals surface area contributed by atoms with Crippen LogP contribution in [0, 0.1) is 0 Å². The van der Waals surface area contributed by atoms with E-state index in [1.165, 1.54) is 17.7 Å². The third kappa shape index (κ3) is 5.60. The molecule has 0 bridgehead atoms. The fourth-order valence-corrected chi connectivity index (χ4v) is 5.35. The molecule has 194 valence electrons. The zero-order valence-electron chi connectivity index (χ0n) is 21.9. The van der Waals surface area contributed by atoms with Crippen molar-refractivity contribution < 1.29 is 13.9 Å². The minimum atomic E-state index is -0.380. The molecule has 5 rings (SSSR count). The van der Waals surface area contributed by atoms with Crippen molar-refractivity contribution in [2.75, 3.05) is 51.8 Å². The Morgan fingerprint density at radius 2 is 1.62 bits per heavy atom. The predicted octanol–water partition coefficient (Wildman–Crippen LogP) is 5.64. The number of anilines is 1. The number of piperazine rings is 1. The monoisotopic (exact) mass is 499 g/mol. The van der Waals surface area contributed by atoms with Gasteiger partial charge in [0.1, 0.15) is 17.3 Å². The summed E-state index contributed by atoms with van der Waals surface area (Å²) in [6.45, 7) is 5.34.